The van der Waals surface area contributed by atoms with E-state index in [4.69, 9.17) is 0 Å². The van der Waals surface area contributed by atoms with Crippen LogP contribution in [0.3, 0.4) is 0 Å². The topological polar surface area (TPSA) is 78.5 Å². The Hall–Kier alpha value is -1.44. The molecule has 0 spiro atoms. The Morgan fingerprint density at radius 3 is 2.18 bits per heavy atom. The molecule has 0 aliphatic carbocycles. The molecule has 158 valence electrons. The van der Waals surface area contributed by atoms with Crippen molar-refractivity contribution in [2.75, 3.05) is 26.2 Å². The third-order valence-corrected chi connectivity index (χ3v) is 6.73. The van der Waals surface area contributed by atoms with Crippen molar-refractivity contribution < 1.29 is 13.2 Å². The Morgan fingerprint density at radius 2 is 1.64 bits per heavy atom. The molecule has 1 saturated heterocycles. The molecule has 1 aromatic rings. The van der Waals surface area contributed by atoms with Crippen molar-refractivity contribution >= 4 is 15.9 Å². The van der Waals surface area contributed by atoms with E-state index in [0.717, 1.165) is 19.4 Å². The first-order chi connectivity index (χ1) is 13.0. The normalized spacial score (nSPS) is 21.5. The van der Waals surface area contributed by atoms with Gasteiger partial charge in [0.1, 0.15) is 0 Å². The Labute approximate surface area is 170 Å². The fourth-order valence-electron chi connectivity index (χ4n) is 3.59. The summed E-state index contributed by atoms with van der Waals surface area (Å²) in [6.45, 7) is 13.0. The maximum Gasteiger partial charge on any atom is 0.251 e. The van der Waals surface area contributed by atoms with Gasteiger partial charge in [-0.15, -0.1) is 0 Å². The zero-order valence-electron chi connectivity index (χ0n) is 17.8. The minimum Gasteiger partial charge on any atom is -0.352 e. The maximum absolute atomic E-state index is 12.9. The second-order valence-corrected chi connectivity index (χ2v) is 11.0. The van der Waals surface area contributed by atoms with E-state index in [1.807, 2.05) is 0 Å². The van der Waals surface area contributed by atoms with Crippen LogP contribution in [-0.4, -0.2) is 50.3 Å². The van der Waals surface area contributed by atoms with Crippen molar-refractivity contribution in [3.63, 3.8) is 0 Å². The number of nitrogens with one attached hydrogen (secondary N) is 2. The fourth-order valence-corrected chi connectivity index (χ4v) is 5.26. The van der Waals surface area contributed by atoms with Gasteiger partial charge in [-0.3, -0.25) is 4.79 Å². The van der Waals surface area contributed by atoms with E-state index in [0.29, 0.717) is 37.0 Å². The van der Waals surface area contributed by atoms with Crippen LogP contribution in [0.25, 0.3) is 0 Å². The van der Waals surface area contributed by atoms with Crippen LogP contribution in [0.5, 0.6) is 0 Å². The Bertz CT molecular complexity index is 744. The smallest absolute Gasteiger partial charge is 0.251 e. The zero-order valence-corrected chi connectivity index (χ0v) is 18.6. The van der Waals surface area contributed by atoms with E-state index >= 15 is 0 Å². The van der Waals surface area contributed by atoms with Gasteiger partial charge in [0, 0.05) is 30.7 Å². The predicted octanol–water partition coefficient (Wildman–Crippen LogP) is 2.86. The van der Waals surface area contributed by atoms with Crippen LogP contribution in [0, 0.1) is 11.8 Å². The number of hydrogen-bond donors (Lipinski definition) is 2. The first kappa shape index (κ1) is 22.8. The van der Waals surface area contributed by atoms with E-state index < -0.39 is 10.0 Å². The molecule has 1 aliphatic rings. The minimum absolute atomic E-state index is 0.0648. The number of hydrogen-bond acceptors (Lipinski definition) is 4. The van der Waals surface area contributed by atoms with Gasteiger partial charge in [-0.05, 0) is 76.3 Å². The van der Waals surface area contributed by atoms with Gasteiger partial charge in [0.15, 0.2) is 0 Å². The molecule has 0 unspecified atom stereocenters. The van der Waals surface area contributed by atoms with E-state index in [2.05, 4.69) is 45.3 Å². The molecule has 0 aromatic heterocycles. The number of benzene rings is 1. The van der Waals surface area contributed by atoms with Crippen LogP contribution in [0.4, 0.5) is 0 Å². The highest BCUT2D eigenvalue weighted by molar-refractivity contribution is 7.89. The summed E-state index contributed by atoms with van der Waals surface area (Å²) in [6.07, 6.45) is 1.89. The third-order valence-electron chi connectivity index (χ3n) is 4.88. The van der Waals surface area contributed by atoms with Gasteiger partial charge in [0.25, 0.3) is 5.91 Å². The number of nitrogens with zero attached hydrogens (tertiary/aromatic N) is 1. The van der Waals surface area contributed by atoms with E-state index in [1.54, 1.807) is 16.4 Å². The lowest BCUT2D eigenvalue weighted by Crippen LogP contribution is -2.42. The number of carbonyl (C=O) groups is 1. The molecule has 1 aromatic carbocycles. The van der Waals surface area contributed by atoms with Crippen LogP contribution < -0.4 is 10.6 Å². The third kappa shape index (κ3) is 6.57. The predicted molar refractivity (Wildman–Crippen MR) is 113 cm³/mol. The second kappa shape index (κ2) is 9.37. The van der Waals surface area contributed by atoms with Gasteiger partial charge in [-0.1, -0.05) is 13.8 Å². The molecule has 0 saturated carbocycles. The van der Waals surface area contributed by atoms with E-state index in [-0.39, 0.29) is 16.3 Å². The van der Waals surface area contributed by atoms with Gasteiger partial charge in [-0.2, -0.15) is 4.31 Å². The summed E-state index contributed by atoms with van der Waals surface area (Å²) >= 11 is 0. The first-order valence-corrected chi connectivity index (χ1v) is 11.6. The Balaban J connectivity index is 1.92. The van der Waals surface area contributed by atoms with Crippen molar-refractivity contribution in [1.29, 1.82) is 0 Å². The SMILES string of the molecule is C[C@H]1C[C@H](C)CN(S(=O)(=O)c2ccc(C(=O)NCCCNC(C)(C)C)cc2)C1. The molecule has 7 heteroatoms. The molecule has 1 amide bonds. The molecule has 0 bridgehead atoms. The van der Waals surface area contributed by atoms with Crippen molar-refractivity contribution in [2.45, 2.75) is 57.9 Å². The number of sulfonamides is 1. The highest BCUT2D eigenvalue weighted by Gasteiger charge is 2.31. The molecule has 2 rings (SSSR count). The molecular formula is C21H35N3O3S. The summed E-state index contributed by atoms with van der Waals surface area (Å²) in [6, 6.07) is 6.25. The van der Waals surface area contributed by atoms with Crippen LogP contribution >= 0.6 is 0 Å². The number of amides is 1. The molecule has 1 heterocycles. The Morgan fingerprint density at radius 1 is 1.07 bits per heavy atom. The molecule has 2 N–H and O–H groups in total. The quantitative estimate of drug-likeness (QED) is 0.679. The van der Waals surface area contributed by atoms with Crippen LogP contribution in [0.1, 0.15) is 57.8 Å². The van der Waals surface area contributed by atoms with E-state index in [1.165, 1.54) is 12.1 Å². The van der Waals surface area contributed by atoms with Gasteiger partial charge < -0.3 is 10.6 Å². The van der Waals surface area contributed by atoms with E-state index in [9.17, 15) is 13.2 Å². The van der Waals surface area contributed by atoms with Crippen molar-refractivity contribution in [3.05, 3.63) is 29.8 Å². The lowest BCUT2D eigenvalue weighted by atomic mass is 9.94. The average molecular weight is 410 g/mol. The molecule has 1 aliphatic heterocycles. The molecule has 28 heavy (non-hydrogen) atoms. The van der Waals surface area contributed by atoms with Gasteiger partial charge in [0.05, 0.1) is 4.90 Å². The molecule has 0 radical (unpaired) electrons. The number of carbonyl (C=O) groups excluding carboxylic acids is 1. The summed E-state index contributed by atoms with van der Waals surface area (Å²) in [5, 5.41) is 6.25. The standard InChI is InChI=1S/C21H35N3O3S/c1-16-13-17(2)15-24(14-16)28(26,27)19-9-7-18(8-10-19)20(25)22-11-6-12-23-21(3,4)5/h7-10,16-17,23H,6,11-15H2,1-5H3,(H,22,25)/t16-,17-/m0/s1. The minimum atomic E-state index is -3.52. The first-order valence-electron chi connectivity index (χ1n) is 10.1. The molecular weight excluding hydrogens is 374 g/mol. The van der Waals surface area contributed by atoms with Gasteiger partial charge in [-0.25, -0.2) is 8.42 Å². The highest BCUT2D eigenvalue weighted by Crippen LogP contribution is 2.26. The summed E-state index contributed by atoms with van der Waals surface area (Å²) in [4.78, 5) is 12.5. The zero-order chi connectivity index (χ0) is 20.9. The lowest BCUT2D eigenvalue weighted by Gasteiger charge is -2.34. The molecule has 1 fully saturated rings. The number of rotatable bonds is 7. The fraction of sp³-hybridized carbons (Fsp3) is 0.667. The van der Waals surface area contributed by atoms with Gasteiger partial charge >= 0.3 is 0 Å². The molecule has 2 atom stereocenters. The Kier molecular flexibility index (Phi) is 7.65. The van der Waals surface area contributed by atoms with Crippen LogP contribution in [0.15, 0.2) is 29.2 Å². The highest BCUT2D eigenvalue weighted by atomic mass is 32.2. The largest absolute Gasteiger partial charge is 0.352 e. The lowest BCUT2D eigenvalue weighted by molar-refractivity contribution is 0.0953. The average Bonchev–Trinajstić information content (AvgIpc) is 2.59. The van der Waals surface area contributed by atoms with Crippen molar-refractivity contribution in [2.24, 2.45) is 11.8 Å². The van der Waals surface area contributed by atoms with Gasteiger partial charge in [0.2, 0.25) is 10.0 Å². The summed E-state index contributed by atoms with van der Waals surface area (Å²) in [5.74, 6) is 0.535. The van der Waals surface area contributed by atoms with Crippen LogP contribution in [-0.2, 0) is 10.0 Å². The van der Waals surface area contributed by atoms with Crippen molar-refractivity contribution in [3.8, 4) is 0 Å². The second-order valence-electron chi connectivity index (χ2n) is 9.08. The van der Waals surface area contributed by atoms with Crippen LogP contribution in [0.2, 0.25) is 0 Å². The number of piperidine rings is 1. The maximum atomic E-state index is 12.9. The molecule has 6 nitrogen and oxygen atoms in total. The van der Waals surface area contributed by atoms with Crippen molar-refractivity contribution in [1.82, 2.24) is 14.9 Å². The summed E-state index contributed by atoms with van der Waals surface area (Å²) in [7, 11) is -3.52. The monoisotopic (exact) mass is 409 g/mol. The summed E-state index contributed by atoms with van der Waals surface area (Å²) < 4.78 is 27.4. The summed E-state index contributed by atoms with van der Waals surface area (Å²) in [5.41, 5.74) is 0.540.